The molecule has 2 unspecified atom stereocenters. The quantitative estimate of drug-likeness (QED) is 0.470. The van der Waals surface area contributed by atoms with Gasteiger partial charge < -0.3 is 30.1 Å². The maximum absolute atomic E-state index is 10.2. The zero-order chi connectivity index (χ0) is 22.6. The molecule has 1 aliphatic rings. The average molecular weight is 431 g/mol. The summed E-state index contributed by atoms with van der Waals surface area (Å²) in [6.07, 6.45) is 2.89. The number of carbonyl (C=O) groups is 2. The minimum Gasteiger partial charge on any atom is -0.497 e. The van der Waals surface area contributed by atoms with Crippen LogP contribution in [0.25, 0.3) is 0 Å². The summed E-state index contributed by atoms with van der Waals surface area (Å²) in [6, 6.07) is 16.4. The van der Waals surface area contributed by atoms with Crippen molar-refractivity contribution in [3.63, 3.8) is 0 Å². The van der Waals surface area contributed by atoms with Crippen LogP contribution in [0.2, 0.25) is 0 Å². The fraction of sp³-hybridized carbons (Fsp3) is 0.391. The molecule has 2 aromatic rings. The van der Waals surface area contributed by atoms with Gasteiger partial charge in [-0.05, 0) is 48.1 Å². The lowest BCUT2D eigenvalue weighted by Crippen LogP contribution is -2.31. The molecule has 0 aromatic heterocycles. The monoisotopic (exact) mass is 431 g/mol. The second-order valence-corrected chi connectivity index (χ2v) is 7.16. The largest absolute Gasteiger partial charge is 0.497 e. The van der Waals surface area contributed by atoms with Crippen LogP contribution in [0.5, 0.6) is 5.75 Å². The molecule has 8 heteroatoms. The van der Waals surface area contributed by atoms with Gasteiger partial charge in [0.1, 0.15) is 5.75 Å². The lowest BCUT2D eigenvalue weighted by molar-refractivity contribution is -0.159. The van der Waals surface area contributed by atoms with Gasteiger partial charge in [-0.1, -0.05) is 36.4 Å². The Bertz CT molecular complexity index is 843. The number of hydrogen-bond acceptors (Lipinski definition) is 6. The average Bonchev–Trinajstić information content (AvgIpc) is 2.78. The van der Waals surface area contributed by atoms with E-state index in [1.807, 2.05) is 24.3 Å². The number of carboxylic acids is 2. The predicted molar refractivity (Wildman–Crippen MR) is 114 cm³/mol. The van der Waals surface area contributed by atoms with Crippen molar-refractivity contribution in [2.45, 2.75) is 38.0 Å². The highest BCUT2D eigenvalue weighted by Crippen LogP contribution is 2.32. The summed E-state index contributed by atoms with van der Waals surface area (Å²) in [5.41, 5.74) is 3.79. The fourth-order valence-corrected chi connectivity index (χ4v) is 3.33. The third-order valence-electron chi connectivity index (χ3n) is 4.83. The minimum atomic E-state index is -1.82. The van der Waals surface area contributed by atoms with Crippen molar-refractivity contribution >= 4 is 11.9 Å². The first-order valence-corrected chi connectivity index (χ1v) is 10.1. The van der Waals surface area contributed by atoms with E-state index in [2.05, 4.69) is 29.6 Å². The molecule has 0 bridgehead atoms. The summed E-state index contributed by atoms with van der Waals surface area (Å²) in [5, 5.41) is 28.3. The maximum atomic E-state index is 10.2. The van der Waals surface area contributed by atoms with E-state index in [4.69, 9.17) is 29.3 Å². The first kappa shape index (κ1) is 24.3. The standard InChI is InChI=1S/C21H27NO3.C2H2O4/c1-24-19-9-4-6-16(12-19)13-22-14-18(23)15-25-21-11-5-8-17-7-2-3-10-20(17)21;3-1(4)2(5)6/h2-4,6-7,9-10,12,18,21-23H,5,8,11,13-15H2,1H3;(H,3,4)(H,5,6). The fourth-order valence-electron chi connectivity index (χ4n) is 3.33. The van der Waals surface area contributed by atoms with Gasteiger partial charge >= 0.3 is 11.9 Å². The number of aliphatic hydroxyl groups is 1. The van der Waals surface area contributed by atoms with Crippen molar-refractivity contribution in [2.24, 2.45) is 0 Å². The Balaban J connectivity index is 0.000000501. The Labute approximate surface area is 181 Å². The van der Waals surface area contributed by atoms with Gasteiger partial charge in [0.2, 0.25) is 0 Å². The molecule has 1 aliphatic carbocycles. The molecule has 0 fully saturated rings. The lowest BCUT2D eigenvalue weighted by atomic mass is 9.89. The van der Waals surface area contributed by atoms with E-state index >= 15 is 0 Å². The molecule has 0 heterocycles. The van der Waals surface area contributed by atoms with Gasteiger partial charge in [-0.2, -0.15) is 0 Å². The third kappa shape index (κ3) is 8.37. The molecule has 0 radical (unpaired) electrons. The smallest absolute Gasteiger partial charge is 0.414 e. The van der Waals surface area contributed by atoms with E-state index in [0.717, 1.165) is 30.6 Å². The summed E-state index contributed by atoms with van der Waals surface area (Å²) < 4.78 is 11.2. The summed E-state index contributed by atoms with van der Waals surface area (Å²) in [5.74, 6) is -2.80. The summed E-state index contributed by atoms with van der Waals surface area (Å²) >= 11 is 0. The van der Waals surface area contributed by atoms with Gasteiger partial charge in [-0.25, -0.2) is 9.59 Å². The zero-order valence-corrected chi connectivity index (χ0v) is 17.5. The molecular weight excluding hydrogens is 402 g/mol. The van der Waals surface area contributed by atoms with Crippen LogP contribution in [0, 0.1) is 0 Å². The molecule has 0 aliphatic heterocycles. The van der Waals surface area contributed by atoms with E-state index in [-0.39, 0.29) is 6.10 Å². The van der Waals surface area contributed by atoms with Crippen molar-refractivity contribution in [1.82, 2.24) is 5.32 Å². The number of methoxy groups -OCH3 is 1. The maximum Gasteiger partial charge on any atom is 0.414 e. The molecule has 0 saturated carbocycles. The minimum absolute atomic E-state index is 0.109. The molecular formula is C23H29NO7. The number of aryl methyl sites for hydroxylation is 1. The molecule has 4 N–H and O–H groups in total. The predicted octanol–water partition coefficient (Wildman–Crippen LogP) is 2.40. The molecule has 2 atom stereocenters. The first-order valence-electron chi connectivity index (χ1n) is 10.1. The van der Waals surface area contributed by atoms with Gasteiger partial charge in [0.25, 0.3) is 0 Å². The highest BCUT2D eigenvalue weighted by molar-refractivity contribution is 6.27. The van der Waals surface area contributed by atoms with Gasteiger partial charge in [-0.3, -0.25) is 0 Å². The normalized spacial score (nSPS) is 15.7. The van der Waals surface area contributed by atoms with Gasteiger partial charge in [0, 0.05) is 13.1 Å². The molecule has 0 amide bonds. The van der Waals surface area contributed by atoms with Gasteiger partial charge in [-0.15, -0.1) is 0 Å². The van der Waals surface area contributed by atoms with Crippen LogP contribution < -0.4 is 10.1 Å². The second-order valence-electron chi connectivity index (χ2n) is 7.16. The van der Waals surface area contributed by atoms with Crippen molar-refractivity contribution < 1.29 is 34.4 Å². The zero-order valence-electron chi connectivity index (χ0n) is 17.5. The topological polar surface area (TPSA) is 125 Å². The number of rotatable bonds is 8. The Hall–Kier alpha value is -2.94. The molecule has 8 nitrogen and oxygen atoms in total. The highest BCUT2D eigenvalue weighted by Gasteiger charge is 2.21. The van der Waals surface area contributed by atoms with Crippen molar-refractivity contribution in [3.8, 4) is 5.75 Å². The Morgan fingerprint density at radius 1 is 1.13 bits per heavy atom. The molecule has 0 spiro atoms. The number of aliphatic hydroxyl groups excluding tert-OH is 1. The van der Waals surface area contributed by atoms with Crippen LogP contribution in [-0.4, -0.2) is 53.6 Å². The number of ether oxygens (including phenoxy) is 2. The van der Waals surface area contributed by atoms with Crippen LogP contribution >= 0.6 is 0 Å². The number of nitrogens with one attached hydrogen (secondary N) is 1. The van der Waals surface area contributed by atoms with Crippen LogP contribution in [0.15, 0.2) is 48.5 Å². The molecule has 0 saturated heterocycles. The lowest BCUT2D eigenvalue weighted by Gasteiger charge is -2.26. The second kappa shape index (κ2) is 12.7. The molecule has 2 aromatic carbocycles. The van der Waals surface area contributed by atoms with Crippen LogP contribution in [0.1, 0.15) is 35.6 Å². The summed E-state index contributed by atoms with van der Waals surface area (Å²) in [6.45, 7) is 1.55. The molecule has 31 heavy (non-hydrogen) atoms. The van der Waals surface area contributed by atoms with Crippen LogP contribution in [0.4, 0.5) is 0 Å². The van der Waals surface area contributed by atoms with E-state index < -0.39 is 18.0 Å². The first-order chi connectivity index (χ1) is 14.9. The summed E-state index contributed by atoms with van der Waals surface area (Å²) in [4.78, 5) is 18.2. The third-order valence-corrected chi connectivity index (χ3v) is 4.83. The van der Waals surface area contributed by atoms with Gasteiger partial charge in [0.05, 0.1) is 25.9 Å². The SMILES string of the molecule is COc1cccc(CNCC(O)COC2CCCc3ccccc32)c1.O=C(O)C(=O)O. The number of hydrogen-bond donors (Lipinski definition) is 4. The highest BCUT2D eigenvalue weighted by atomic mass is 16.5. The number of carboxylic acid groups (broad SMARTS) is 2. The van der Waals surface area contributed by atoms with Crippen molar-refractivity contribution in [2.75, 3.05) is 20.3 Å². The van der Waals surface area contributed by atoms with Crippen LogP contribution in [-0.2, 0) is 27.3 Å². The van der Waals surface area contributed by atoms with E-state index in [1.54, 1.807) is 7.11 Å². The van der Waals surface area contributed by atoms with E-state index in [0.29, 0.717) is 19.7 Å². The molecule has 3 rings (SSSR count). The van der Waals surface area contributed by atoms with Crippen molar-refractivity contribution in [1.29, 1.82) is 0 Å². The molecule has 168 valence electrons. The Morgan fingerprint density at radius 2 is 1.87 bits per heavy atom. The Kier molecular flexibility index (Phi) is 9.96. The van der Waals surface area contributed by atoms with Crippen LogP contribution in [0.3, 0.4) is 0 Å². The van der Waals surface area contributed by atoms with E-state index in [9.17, 15) is 5.11 Å². The Morgan fingerprint density at radius 3 is 2.58 bits per heavy atom. The number of fused-ring (bicyclic) bond motifs is 1. The van der Waals surface area contributed by atoms with Gasteiger partial charge in [0.15, 0.2) is 0 Å². The summed E-state index contributed by atoms with van der Waals surface area (Å²) in [7, 11) is 1.66. The number of benzene rings is 2. The van der Waals surface area contributed by atoms with Crippen molar-refractivity contribution in [3.05, 3.63) is 65.2 Å². The van der Waals surface area contributed by atoms with E-state index in [1.165, 1.54) is 11.1 Å². The number of aliphatic carboxylic acids is 2.